The van der Waals surface area contributed by atoms with Gasteiger partial charge in [0.1, 0.15) is 5.58 Å². The average Bonchev–Trinajstić information content (AvgIpc) is 3.76. The maximum atomic E-state index is 6.90. The van der Waals surface area contributed by atoms with E-state index >= 15 is 0 Å². The molecule has 0 N–H and O–H groups in total. The van der Waals surface area contributed by atoms with Crippen LogP contribution in [0.15, 0.2) is 174 Å². The van der Waals surface area contributed by atoms with E-state index in [4.69, 9.17) is 19.4 Å². The molecule has 0 aliphatic carbocycles. The third kappa shape index (κ3) is 4.33. The lowest BCUT2D eigenvalue weighted by Crippen LogP contribution is -2.01. The van der Waals surface area contributed by atoms with Gasteiger partial charge in [0.15, 0.2) is 23.1 Å². The molecule has 0 radical (unpaired) electrons. The maximum Gasteiger partial charge on any atom is 0.164 e. The van der Waals surface area contributed by atoms with Crippen LogP contribution in [0.2, 0.25) is 0 Å². The summed E-state index contributed by atoms with van der Waals surface area (Å²) in [6, 6.07) is 59.1. The maximum absolute atomic E-state index is 6.90. The summed E-state index contributed by atoms with van der Waals surface area (Å²) in [4.78, 5) is 15.2. The van der Waals surface area contributed by atoms with E-state index < -0.39 is 0 Å². The third-order valence-electron chi connectivity index (χ3n) is 10.2. The van der Waals surface area contributed by atoms with Crippen molar-refractivity contribution >= 4 is 65.3 Å². The molecule has 0 unspecified atom stereocenters. The Labute approximate surface area is 298 Å². The van der Waals surface area contributed by atoms with Crippen molar-refractivity contribution in [1.82, 2.24) is 19.5 Å². The van der Waals surface area contributed by atoms with Crippen LogP contribution in [0.3, 0.4) is 0 Å². The molecule has 3 aromatic heterocycles. The molecule has 0 amide bonds. The van der Waals surface area contributed by atoms with E-state index in [1.165, 1.54) is 32.3 Å². The summed E-state index contributed by atoms with van der Waals surface area (Å²) >= 11 is 0. The highest BCUT2D eigenvalue weighted by atomic mass is 16.3. The summed E-state index contributed by atoms with van der Waals surface area (Å²) in [5, 5.41) is 9.15. The topological polar surface area (TPSA) is 56.7 Å². The highest BCUT2D eigenvalue weighted by Crippen LogP contribution is 2.44. The van der Waals surface area contributed by atoms with Crippen molar-refractivity contribution in [3.05, 3.63) is 170 Å². The number of para-hydroxylation sites is 1. The minimum Gasteiger partial charge on any atom is -0.454 e. The summed E-state index contributed by atoms with van der Waals surface area (Å²) in [5.41, 5.74) is 7.56. The van der Waals surface area contributed by atoms with Gasteiger partial charge in [0.2, 0.25) is 0 Å². The fourth-order valence-corrected chi connectivity index (χ4v) is 7.82. The molecule has 5 nitrogen and oxygen atoms in total. The van der Waals surface area contributed by atoms with Gasteiger partial charge in [-0.2, -0.15) is 0 Å². The van der Waals surface area contributed by atoms with Crippen molar-refractivity contribution in [3.8, 4) is 39.9 Å². The van der Waals surface area contributed by atoms with E-state index in [1.54, 1.807) is 0 Å². The lowest BCUT2D eigenvalue weighted by atomic mass is 10.0. The van der Waals surface area contributed by atoms with Crippen molar-refractivity contribution in [2.45, 2.75) is 0 Å². The second-order valence-electron chi connectivity index (χ2n) is 13.2. The van der Waals surface area contributed by atoms with Gasteiger partial charge in [-0.05, 0) is 46.5 Å². The van der Waals surface area contributed by atoms with Gasteiger partial charge in [0, 0.05) is 43.6 Å². The van der Waals surface area contributed by atoms with Crippen LogP contribution < -0.4 is 0 Å². The molecule has 0 fully saturated rings. The molecule has 0 aliphatic rings. The van der Waals surface area contributed by atoms with Gasteiger partial charge < -0.3 is 8.98 Å². The molecule has 5 heteroatoms. The van der Waals surface area contributed by atoms with Crippen molar-refractivity contribution in [2.24, 2.45) is 0 Å². The zero-order valence-corrected chi connectivity index (χ0v) is 27.9. The lowest BCUT2D eigenvalue weighted by molar-refractivity contribution is 0.666. The van der Waals surface area contributed by atoms with Crippen LogP contribution in [0.4, 0.5) is 0 Å². The number of fused-ring (bicyclic) bond motifs is 9. The van der Waals surface area contributed by atoms with Gasteiger partial charge in [-0.15, -0.1) is 0 Å². The van der Waals surface area contributed by atoms with E-state index in [2.05, 4.69) is 102 Å². The number of benzene rings is 8. The van der Waals surface area contributed by atoms with Crippen LogP contribution in [0.25, 0.3) is 105 Å². The Balaban J connectivity index is 1.26. The van der Waals surface area contributed by atoms with Crippen molar-refractivity contribution in [3.63, 3.8) is 0 Å². The number of rotatable bonds is 4. The highest BCUT2D eigenvalue weighted by Gasteiger charge is 2.24. The van der Waals surface area contributed by atoms with Crippen LogP contribution in [0.5, 0.6) is 0 Å². The second kappa shape index (κ2) is 11.2. The minimum absolute atomic E-state index is 0.592. The molecule has 11 rings (SSSR count). The monoisotopic (exact) mass is 664 g/mol. The summed E-state index contributed by atoms with van der Waals surface area (Å²) in [5.74, 6) is 1.83. The van der Waals surface area contributed by atoms with Gasteiger partial charge >= 0.3 is 0 Å². The van der Waals surface area contributed by atoms with E-state index in [-0.39, 0.29) is 0 Å². The molecule has 3 heterocycles. The number of hydrogen-bond acceptors (Lipinski definition) is 4. The Bertz CT molecular complexity index is 3120. The summed E-state index contributed by atoms with van der Waals surface area (Å²) in [6.45, 7) is 0. The van der Waals surface area contributed by atoms with Crippen LogP contribution in [-0.4, -0.2) is 19.5 Å². The number of nitrogens with zero attached hydrogens (tertiary/aromatic N) is 4. The molecule has 0 spiro atoms. The Morgan fingerprint density at radius 2 is 1.02 bits per heavy atom. The second-order valence-corrected chi connectivity index (χ2v) is 13.2. The van der Waals surface area contributed by atoms with E-state index in [9.17, 15) is 0 Å². The molecule has 52 heavy (non-hydrogen) atoms. The number of aromatic nitrogens is 4. The van der Waals surface area contributed by atoms with Crippen LogP contribution in [0.1, 0.15) is 0 Å². The van der Waals surface area contributed by atoms with E-state index in [0.717, 1.165) is 55.3 Å². The summed E-state index contributed by atoms with van der Waals surface area (Å²) < 4.78 is 9.30. The van der Waals surface area contributed by atoms with E-state index in [0.29, 0.717) is 17.5 Å². The predicted molar refractivity (Wildman–Crippen MR) is 213 cm³/mol. The molecule has 0 atom stereocenters. The lowest BCUT2D eigenvalue weighted by Gasteiger charge is -2.13. The molecule has 242 valence electrons. The summed E-state index contributed by atoms with van der Waals surface area (Å²) in [6.07, 6.45) is 0. The van der Waals surface area contributed by atoms with Crippen molar-refractivity contribution in [2.75, 3.05) is 0 Å². The van der Waals surface area contributed by atoms with Crippen molar-refractivity contribution < 1.29 is 4.42 Å². The van der Waals surface area contributed by atoms with Gasteiger partial charge in [-0.3, -0.25) is 0 Å². The van der Waals surface area contributed by atoms with Gasteiger partial charge in [0.05, 0.1) is 16.7 Å². The standard InChI is InChI=1S/C47H28N4O/c1-3-14-30(15-4-1)45-48-46(31-16-5-2-6-17-31)50-47(49-45)37-25-26-39(44-42(37)36-21-11-12-22-41(36)52-44)51-40-28-33-19-8-7-18-32(33)27-38(40)35-24-23-29-13-9-10-20-34(29)43(35)51/h1-28H. The Kier molecular flexibility index (Phi) is 6.18. The Morgan fingerprint density at radius 3 is 1.75 bits per heavy atom. The first-order valence-corrected chi connectivity index (χ1v) is 17.5. The smallest absolute Gasteiger partial charge is 0.164 e. The van der Waals surface area contributed by atoms with Crippen LogP contribution >= 0.6 is 0 Å². The molecule has 0 saturated heterocycles. The third-order valence-corrected chi connectivity index (χ3v) is 10.2. The first-order valence-electron chi connectivity index (χ1n) is 17.5. The summed E-state index contributed by atoms with van der Waals surface area (Å²) in [7, 11) is 0. The normalized spacial score (nSPS) is 11.8. The fourth-order valence-electron chi connectivity index (χ4n) is 7.82. The fraction of sp³-hybridized carbons (Fsp3) is 0. The first kappa shape index (κ1) is 28.7. The van der Waals surface area contributed by atoms with Gasteiger partial charge in [0.25, 0.3) is 0 Å². The molecule has 0 aliphatic heterocycles. The zero-order valence-electron chi connectivity index (χ0n) is 27.9. The highest BCUT2D eigenvalue weighted by molar-refractivity contribution is 6.22. The molecule has 0 bridgehead atoms. The molecular formula is C47H28N4O. The van der Waals surface area contributed by atoms with Gasteiger partial charge in [-0.1, -0.05) is 140 Å². The largest absolute Gasteiger partial charge is 0.454 e. The van der Waals surface area contributed by atoms with Gasteiger partial charge in [-0.25, -0.2) is 15.0 Å². The molecular weight excluding hydrogens is 637 g/mol. The first-order chi connectivity index (χ1) is 25.8. The Morgan fingerprint density at radius 1 is 0.423 bits per heavy atom. The SMILES string of the molecule is c1ccc(-c2nc(-c3ccccc3)nc(-c3ccc(-n4c5cc6ccccc6cc5c5ccc6ccccc6c54)c4oc5ccccc5c34)n2)cc1. The molecule has 11 aromatic rings. The predicted octanol–water partition coefficient (Wildman–Crippen LogP) is 12.2. The molecule has 0 saturated carbocycles. The van der Waals surface area contributed by atoms with Crippen LogP contribution in [-0.2, 0) is 0 Å². The zero-order chi connectivity index (χ0) is 34.2. The average molecular weight is 665 g/mol. The Hall–Kier alpha value is -7.11. The number of hydrogen-bond donors (Lipinski definition) is 0. The minimum atomic E-state index is 0.592. The molecule has 8 aromatic carbocycles. The quantitative estimate of drug-likeness (QED) is 0.188. The van der Waals surface area contributed by atoms with E-state index in [1.807, 2.05) is 72.8 Å². The van der Waals surface area contributed by atoms with Crippen LogP contribution in [0, 0.1) is 0 Å². The van der Waals surface area contributed by atoms with Crippen molar-refractivity contribution in [1.29, 1.82) is 0 Å². The number of furan rings is 1.